The molecule has 0 atom stereocenters. The summed E-state index contributed by atoms with van der Waals surface area (Å²) in [7, 11) is 1.49. The second kappa shape index (κ2) is 7.38. The van der Waals surface area contributed by atoms with E-state index in [0.29, 0.717) is 11.1 Å². The van der Waals surface area contributed by atoms with Crippen molar-refractivity contribution in [3.05, 3.63) is 68.5 Å². The summed E-state index contributed by atoms with van der Waals surface area (Å²) >= 11 is 0. The van der Waals surface area contributed by atoms with Crippen LogP contribution in [-0.2, 0) is 13.6 Å². The largest absolute Gasteiger partial charge is 0.345 e. The van der Waals surface area contributed by atoms with Crippen LogP contribution in [0.2, 0.25) is 0 Å². The molecule has 1 fully saturated rings. The first-order valence-corrected chi connectivity index (χ1v) is 9.37. The minimum absolute atomic E-state index is 0.0858. The zero-order valence-corrected chi connectivity index (χ0v) is 15.6. The molecule has 3 aromatic rings. The van der Waals surface area contributed by atoms with Crippen LogP contribution in [0.25, 0.3) is 10.8 Å². The van der Waals surface area contributed by atoms with Gasteiger partial charge in [-0.05, 0) is 25.0 Å². The summed E-state index contributed by atoms with van der Waals surface area (Å²) in [6.45, 7) is 0.164. The summed E-state index contributed by atoms with van der Waals surface area (Å²) in [6.07, 6.45) is 4.07. The molecule has 1 aliphatic carbocycles. The first-order chi connectivity index (χ1) is 13.5. The SMILES string of the molecule is Cn1nc(C(=O)NCc2nn(C3CCCC3)c(=O)c3ccccc23)ccc1=O. The zero-order valence-electron chi connectivity index (χ0n) is 15.6. The van der Waals surface area contributed by atoms with E-state index in [4.69, 9.17) is 0 Å². The van der Waals surface area contributed by atoms with Gasteiger partial charge < -0.3 is 5.32 Å². The van der Waals surface area contributed by atoms with Crippen molar-refractivity contribution in [2.75, 3.05) is 0 Å². The van der Waals surface area contributed by atoms with Crippen molar-refractivity contribution in [2.45, 2.75) is 38.3 Å². The van der Waals surface area contributed by atoms with Crippen molar-refractivity contribution in [3.8, 4) is 0 Å². The molecule has 0 aliphatic heterocycles. The highest BCUT2D eigenvalue weighted by molar-refractivity contribution is 5.92. The highest BCUT2D eigenvalue weighted by Gasteiger charge is 2.21. The Labute approximate surface area is 160 Å². The van der Waals surface area contributed by atoms with Gasteiger partial charge in [0.25, 0.3) is 17.0 Å². The van der Waals surface area contributed by atoms with Crippen LogP contribution < -0.4 is 16.4 Å². The number of rotatable bonds is 4. The molecular formula is C20H21N5O3. The third kappa shape index (κ3) is 3.33. The zero-order chi connectivity index (χ0) is 19.7. The fraction of sp³-hybridized carbons (Fsp3) is 0.350. The number of aromatic nitrogens is 4. The molecule has 0 radical (unpaired) electrons. The lowest BCUT2D eigenvalue weighted by atomic mass is 10.1. The molecule has 8 heteroatoms. The summed E-state index contributed by atoms with van der Waals surface area (Å²) in [6, 6.07) is 10.1. The van der Waals surface area contributed by atoms with E-state index in [-0.39, 0.29) is 29.4 Å². The van der Waals surface area contributed by atoms with E-state index >= 15 is 0 Å². The maximum atomic E-state index is 12.9. The topological polar surface area (TPSA) is 98.9 Å². The normalized spacial score (nSPS) is 14.5. The minimum Gasteiger partial charge on any atom is -0.345 e. The molecule has 0 spiro atoms. The maximum absolute atomic E-state index is 12.9. The Morgan fingerprint density at radius 3 is 2.50 bits per heavy atom. The van der Waals surface area contributed by atoms with Crippen molar-refractivity contribution in [1.82, 2.24) is 24.9 Å². The Morgan fingerprint density at radius 2 is 1.79 bits per heavy atom. The first-order valence-electron chi connectivity index (χ1n) is 9.37. The number of benzene rings is 1. The van der Waals surface area contributed by atoms with Gasteiger partial charge in [0.2, 0.25) is 0 Å². The van der Waals surface area contributed by atoms with Gasteiger partial charge in [-0.2, -0.15) is 10.2 Å². The lowest BCUT2D eigenvalue weighted by molar-refractivity contribution is 0.0943. The lowest BCUT2D eigenvalue weighted by Gasteiger charge is -2.16. The monoisotopic (exact) mass is 379 g/mol. The summed E-state index contributed by atoms with van der Waals surface area (Å²) in [5.74, 6) is -0.403. The highest BCUT2D eigenvalue weighted by atomic mass is 16.2. The number of carbonyl (C=O) groups is 1. The van der Waals surface area contributed by atoms with Crippen molar-refractivity contribution in [2.24, 2.45) is 7.05 Å². The second-order valence-electron chi connectivity index (χ2n) is 7.04. The molecule has 0 unspecified atom stereocenters. The van der Waals surface area contributed by atoms with Gasteiger partial charge >= 0.3 is 0 Å². The predicted molar refractivity (Wildman–Crippen MR) is 104 cm³/mol. The molecule has 0 saturated heterocycles. The number of aryl methyl sites for hydroxylation is 1. The van der Waals surface area contributed by atoms with Crippen LogP contribution in [0.15, 0.2) is 46.0 Å². The van der Waals surface area contributed by atoms with Crippen molar-refractivity contribution >= 4 is 16.7 Å². The number of hydrogen-bond acceptors (Lipinski definition) is 5. The standard InChI is InChI=1S/C20H21N5O3/c1-24-18(26)11-10-16(22-24)19(27)21-12-17-14-8-4-5-9-15(14)20(28)25(23-17)13-6-2-3-7-13/h4-5,8-11,13H,2-3,6-7,12H2,1H3,(H,21,27). The molecule has 4 rings (SSSR count). The van der Waals surface area contributed by atoms with Crippen LogP contribution in [0.4, 0.5) is 0 Å². The van der Waals surface area contributed by atoms with Gasteiger partial charge in [0.15, 0.2) is 0 Å². The van der Waals surface area contributed by atoms with Crippen LogP contribution in [0, 0.1) is 0 Å². The van der Waals surface area contributed by atoms with E-state index < -0.39 is 5.91 Å². The second-order valence-corrected chi connectivity index (χ2v) is 7.04. The summed E-state index contributed by atoms with van der Waals surface area (Å²) < 4.78 is 2.70. The Hall–Kier alpha value is -3.29. The Balaban J connectivity index is 1.66. The fourth-order valence-corrected chi connectivity index (χ4v) is 3.68. The van der Waals surface area contributed by atoms with Gasteiger partial charge in [-0.3, -0.25) is 14.4 Å². The van der Waals surface area contributed by atoms with Crippen LogP contribution in [0.3, 0.4) is 0 Å². The molecule has 8 nitrogen and oxygen atoms in total. The van der Waals surface area contributed by atoms with Gasteiger partial charge in [-0.1, -0.05) is 31.0 Å². The average Bonchev–Trinajstić information content (AvgIpc) is 3.24. The molecule has 2 aromatic heterocycles. The van der Waals surface area contributed by atoms with E-state index in [2.05, 4.69) is 15.5 Å². The van der Waals surface area contributed by atoms with Crippen LogP contribution in [0.5, 0.6) is 0 Å². The smallest absolute Gasteiger partial charge is 0.274 e. The van der Waals surface area contributed by atoms with Gasteiger partial charge in [0, 0.05) is 18.5 Å². The number of hydrogen-bond donors (Lipinski definition) is 1. The molecule has 1 aromatic carbocycles. The lowest BCUT2D eigenvalue weighted by Crippen LogP contribution is -2.31. The van der Waals surface area contributed by atoms with Gasteiger partial charge in [-0.25, -0.2) is 9.36 Å². The number of nitrogens with one attached hydrogen (secondary N) is 1. The van der Waals surface area contributed by atoms with Crippen molar-refractivity contribution in [1.29, 1.82) is 0 Å². The van der Waals surface area contributed by atoms with Gasteiger partial charge in [0.1, 0.15) is 5.69 Å². The van der Waals surface area contributed by atoms with Crippen molar-refractivity contribution in [3.63, 3.8) is 0 Å². The summed E-state index contributed by atoms with van der Waals surface area (Å²) in [5.41, 5.74) is 0.418. The molecule has 1 saturated carbocycles. The van der Waals surface area contributed by atoms with Crippen LogP contribution in [0.1, 0.15) is 47.9 Å². The first kappa shape index (κ1) is 18.1. The van der Waals surface area contributed by atoms with E-state index in [1.807, 2.05) is 18.2 Å². The molecule has 1 amide bonds. The highest BCUT2D eigenvalue weighted by Crippen LogP contribution is 2.28. The van der Waals surface area contributed by atoms with Gasteiger partial charge in [-0.15, -0.1) is 0 Å². The average molecular weight is 379 g/mol. The number of fused-ring (bicyclic) bond motifs is 1. The van der Waals surface area contributed by atoms with E-state index in [1.165, 1.54) is 19.2 Å². The number of nitrogens with zero attached hydrogens (tertiary/aromatic N) is 4. The molecule has 2 heterocycles. The summed E-state index contributed by atoms with van der Waals surface area (Å²) in [4.78, 5) is 36.7. The van der Waals surface area contributed by atoms with Crippen LogP contribution in [-0.4, -0.2) is 25.5 Å². The van der Waals surface area contributed by atoms with E-state index in [9.17, 15) is 14.4 Å². The Bertz CT molecular complexity index is 1160. The quantitative estimate of drug-likeness (QED) is 0.741. The fourth-order valence-electron chi connectivity index (χ4n) is 3.68. The van der Waals surface area contributed by atoms with Gasteiger partial charge in [0.05, 0.1) is 23.7 Å². The minimum atomic E-state index is -0.403. The predicted octanol–water partition coefficient (Wildman–Crippen LogP) is 1.54. The summed E-state index contributed by atoms with van der Waals surface area (Å²) in [5, 5.41) is 12.7. The van der Waals surface area contributed by atoms with E-state index in [0.717, 1.165) is 35.8 Å². The van der Waals surface area contributed by atoms with E-state index in [1.54, 1.807) is 10.7 Å². The Morgan fingerprint density at radius 1 is 1.07 bits per heavy atom. The maximum Gasteiger partial charge on any atom is 0.274 e. The third-order valence-electron chi connectivity index (χ3n) is 5.18. The Kier molecular flexibility index (Phi) is 4.77. The molecule has 1 aliphatic rings. The molecule has 0 bridgehead atoms. The molecular weight excluding hydrogens is 358 g/mol. The number of amides is 1. The molecule has 144 valence electrons. The van der Waals surface area contributed by atoms with Crippen molar-refractivity contribution < 1.29 is 4.79 Å². The molecule has 28 heavy (non-hydrogen) atoms. The molecule has 1 N–H and O–H groups in total. The van der Waals surface area contributed by atoms with Crippen LogP contribution >= 0.6 is 0 Å². The number of carbonyl (C=O) groups excluding carboxylic acids is 1. The third-order valence-corrected chi connectivity index (χ3v) is 5.18.